The van der Waals surface area contributed by atoms with Crippen LogP contribution >= 0.6 is 0 Å². The average molecular weight is 178 g/mol. The molecule has 2 atom stereocenters. The molecule has 1 heterocycles. The van der Waals surface area contributed by atoms with Gasteiger partial charge in [-0.15, -0.1) is 0 Å². The predicted molar refractivity (Wildman–Crippen MR) is 50.4 cm³/mol. The lowest BCUT2D eigenvalue weighted by Crippen LogP contribution is -2.03. The van der Waals surface area contributed by atoms with Gasteiger partial charge in [0.15, 0.2) is 0 Å². The fourth-order valence-corrected chi connectivity index (χ4v) is 1.27. The number of epoxide rings is 1. The molecular formula is C11H14O2. The first-order valence-electron chi connectivity index (χ1n) is 4.63. The van der Waals surface area contributed by atoms with Crippen LogP contribution in [0.25, 0.3) is 0 Å². The molecular weight excluding hydrogens is 164 g/mol. The van der Waals surface area contributed by atoms with E-state index in [2.05, 4.69) is 19.1 Å². The Morgan fingerprint density at radius 1 is 1.31 bits per heavy atom. The van der Waals surface area contributed by atoms with E-state index in [0.29, 0.717) is 18.8 Å². The summed E-state index contributed by atoms with van der Waals surface area (Å²) < 4.78 is 10.7. The van der Waals surface area contributed by atoms with Crippen LogP contribution in [-0.4, -0.2) is 18.8 Å². The van der Waals surface area contributed by atoms with Gasteiger partial charge in [-0.25, -0.2) is 0 Å². The first-order chi connectivity index (χ1) is 6.36. The Hall–Kier alpha value is -0.860. The summed E-state index contributed by atoms with van der Waals surface area (Å²) in [6.45, 7) is 3.47. The third-order valence-electron chi connectivity index (χ3n) is 2.23. The molecule has 0 saturated carbocycles. The van der Waals surface area contributed by atoms with Crippen molar-refractivity contribution in [3.8, 4) is 0 Å². The number of hydrogen-bond acceptors (Lipinski definition) is 2. The van der Waals surface area contributed by atoms with Crippen LogP contribution in [0.3, 0.4) is 0 Å². The Bertz CT molecular complexity index is 258. The fraction of sp³-hybridized carbons (Fsp3) is 0.455. The molecule has 1 aromatic rings. The van der Waals surface area contributed by atoms with Crippen molar-refractivity contribution < 1.29 is 9.47 Å². The van der Waals surface area contributed by atoms with E-state index in [-0.39, 0.29) is 0 Å². The minimum absolute atomic E-state index is 0.337. The Morgan fingerprint density at radius 2 is 2.00 bits per heavy atom. The first kappa shape index (κ1) is 8.73. The molecule has 1 fully saturated rings. The Kier molecular flexibility index (Phi) is 2.62. The molecule has 0 radical (unpaired) electrons. The maximum absolute atomic E-state index is 5.49. The summed E-state index contributed by atoms with van der Waals surface area (Å²) in [6, 6.07) is 10.2. The van der Waals surface area contributed by atoms with E-state index >= 15 is 0 Å². The summed E-state index contributed by atoms with van der Waals surface area (Å²) >= 11 is 0. The Balaban J connectivity index is 1.68. The predicted octanol–water partition coefficient (Wildman–Crippen LogP) is 1.99. The van der Waals surface area contributed by atoms with Crippen molar-refractivity contribution in [2.75, 3.05) is 6.61 Å². The van der Waals surface area contributed by atoms with Gasteiger partial charge in [0, 0.05) is 0 Å². The summed E-state index contributed by atoms with van der Waals surface area (Å²) in [6.07, 6.45) is 0.736. The molecule has 13 heavy (non-hydrogen) atoms. The summed E-state index contributed by atoms with van der Waals surface area (Å²) in [5, 5.41) is 0. The summed E-state index contributed by atoms with van der Waals surface area (Å²) in [5.74, 6) is 0. The van der Waals surface area contributed by atoms with Gasteiger partial charge in [0.25, 0.3) is 0 Å². The Labute approximate surface area is 78.5 Å². The highest BCUT2D eigenvalue weighted by molar-refractivity contribution is 5.13. The molecule has 1 aliphatic heterocycles. The molecule has 0 aromatic heterocycles. The maximum atomic E-state index is 5.49. The second-order valence-electron chi connectivity index (χ2n) is 3.38. The lowest BCUT2D eigenvalue weighted by molar-refractivity contribution is 0.104. The van der Waals surface area contributed by atoms with E-state index in [9.17, 15) is 0 Å². The molecule has 0 unspecified atom stereocenters. The van der Waals surface area contributed by atoms with Crippen LogP contribution in [0.15, 0.2) is 30.3 Å². The fourth-order valence-electron chi connectivity index (χ4n) is 1.27. The molecule has 0 bridgehead atoms. The van der Waals surface area contributed by atoms with Crippen molar-refractivity contribution in [2.45, 2.75) is 25.7 Å². The van der Waals surface area contributed by atoms with E-state index in [1.807, 2.05) is 18.2 Å². The van der Waals surface area contributed by atoms with Gasteiger partial charge in [0.2, 0.25) is 0 Å². The van der Waals surface area contributed by atoms with Crippen LogP contribution < -0.4 is 0 Å². The topological polar surface area (TPSA) is 21.8 Å². The molecule has 0 N–H and O–H groups in total. The van der Waals surface area contributed by atoms with E-state index < -0.39 is 0 Å². The van der Waals surface area contributed by atoms with E-state index in [1.165, 1.54) is 5.56 Å². The summed E-state index contributed by atoms with van der Waals surface area (Å²) in [5.41, 5.74) is 1.22. The standard InChI is InChI=1S/C11H14O2/c1-9-11(13-9)8-12-7-10-5-3-2-4-6-10/h2-6,9,11H,7-8H2,1H3/t9-,11+/m1/s1. The van der Waals surface area contributed by atoms with Gasteiger partial charge in [0.05, 0.1) is 19.3 Å². The monoisotopic (exact) mass is 178 g/mol. The third kappa shape index (κ3) is 2.54. The number of rotatable bonds is 4. The van der Waals surface area contributed by atoms with Gasteiger partial charge in [-0.1, -0.05) is 30.3 Å². The average Bonchev–Trinajstić information content (AvgIpc) is 2.84. The van der Waals surface area contributed by atoms with Crippen LogP contribution in [0.5, 0.6) is 0 Å². The molecule has 2 rings (SSSR count). The van der Waals surface area contributed by atoms with Gasteiger partial charge in [0.1, 0.15) is 6.10 Å². The Morgan fingerprint density at radius 3 is 2.62 bits per heavy atom. The lowest BCUT2D eigenvalue weighted by Gasteiger charge is -2.01. The molecule has 1 aromatic carbocycles. The zero-order valence-corrected chi connectivity index (χ0v) is 7.77. The van der Waals surface area contributed by atoms with E-state index in [0.717, 1.165) is 6.61 Å². The molecule has 1 aliphatic rings. The quantitative estimate of drug-likeness (QED) is 0.658. The van der Waals surface area contributed by atoms with Gasteiger partial charge in [-0.05, 0) is 12.5 Å². The second kappa shape index (κ2) is 3.90. The largest absolute Gasteiger partial charge is 0.374 e. The SMILES string of the molecule is C[C@H]1O[C@H]1COCc1ccccc1. The van der Waals surface area contributed by atoms with Crippen molar-refractivity contribution in [3.63, 3.8) is 0 Å². The summed E-state index contributed by atoms with van der Waals surface area (Å²) in [4.78, 5) is 0. The molecule has 1 saturated heterocycles. The van der Waals surface area contributed by atoms with Crippen LogP contribution in [-0.2, 0) is 16.1 Å². The summed E-state index contributed by atoms with van der Waals surface area (Å²) in [7, 11) is 0. The van der Waals surface area contributed by atoms with Gasteiger partial charge < -0.3 is 9.47 Å². The van der Waals surface area contributed by atoms with E-state index in [1.54, 1.807) is 0 Å². The highest BCUT2D eigenvalue weighted by Crippen LogP contribution is 2.21. The second-order valence-corrected chi connectivity index (χ2v) is 3.38. The third-order valence-corrected chi connectivity index (χ3v) is 2.23. The van der Waals surface area contributed by atoms with Gasteiger partial charge in [-0.2, -0.15) is 0 Å². The van der Waals surface area contributed by atoms with Gasteiger partial charge >= 0.3 is 0 Å². The van der Waals surface area contributed by atoms with Crippen molar-refractivity contribution in [2.24, 2.45) is 0 Å². The van der Waals surface area contributed by atoms with Crippen LogP contribution in [0.1, 0.15) is 12.5 Å². The van der Waals surface area contributed by atoms with Crippen molar-refractivity contribution in [1.29, 1.82) is 0 Å². The van der Waals surface area contributed by atoms with Crippen molar-refractivity contribution in [3.05, 3.63) is 35.9 Å². The highest BCUT2D eigenvalue weighted by atomic mass is 16.6. The molecule has 2 heteroatoms. The molecule has 70 valence electrons. The van der Waals surface area contributed by atoms with Gasteiger partial charge in [-0.3, -0.25) is 0 Å². The molecule has 0 spiro atoms. The smallest absolute Gasteiger partial charge is 0.107 e. The zero-order valence-electron chi connectivity index (χ0n) is 7.77. The minimum Gasteiger partial charge on any atom is -0.374 e. The normalized spacial score (nSPS) is 25.9. The molecule has 0 amide bonds. The van der Waals surface area contributed by atoms with Crippen molar-refractivity contribution >= 4 is 0 Å². The van der Waals surface area contributed by atoms with Crippen LogP contribution in [0.2, 0.25) is 0 Å². The van der Waals surface area contributed by atoms with E-state index in [4.69, 9.17) is 9.47 Å². The first-order valence-corrected chi connectivity index (χ1v) is 4.63. The number of hydrogen-bond donors (Lipinski definition) is 0. The van der Waals surface area contributed by atoms with Crippen molar-refractivity contribution in [1.82, 2.24) is 0 Å². The molecule has 2 nitrogen and oxygen atoms in total. The number of ether oxygens (including phenoxy) is 2. The minimum atomic E-state index is 0.337. The lowest BCUT2D eigenvalue weighted by atomic mass is 10.2. The van der Waals surface area contributed by atoms with Crippen LogP contribution in [0.4, 0.5) is 0 Å². The highest BCUT2D eigenvalue weighted by Gasteiger charge is 2.33. The molecule has 0 aliphatic carbocycles. The number of benzene rings is 1. The van der Waals surface area contributed by atoms with Crippen LogP contribution in [0, 0.1) is 0 Å². The maximum Gasteiger partial charge on any atom is 0.107 e. The zero-order chi connectivity index (χ0) is 9.10.